The zero-order valence-electron chi connectivity index (χ0n) is 9.17. The fraction of sp³-hybridized carbons (Fsp3) is 0.500. The summed E-state index contributed by atoms with van der Waals surface area (Å²) in [6, 6.07) is 1.79. The molecule has 0 radical (unpaired) electrons. The van der Waals surface area contributed by atoms with E-state index in [4.69, 9.17) is 0 Å². The molecule has 0 atom stereocenters. The molecule has 1 amide bonds. The first-order valence-electron chi connectivity index (χ1n) is 5.16. The van der Waals surface area contributed by atoms with Gasteiger partial charge in [-0.1, -0.05) is 0 Å². The summed E-state index contributed by atoms with van der Waals surface area (Å²) in [5.41, 5.74) is 0. The SMILES string of the molecule is COC(=O)N1CCN(c2ncccn2)CC1. The molecular formula is C10H14N4O2. The van der Waals surface area contributed by atoms with Crippen molar-refractivity contribution in [2.24, 2.45) is 0 Å². The quantitative estimate of drug-likeness (QED) is 0.687. The summed E-state index contributed by atoms with van der Waals surface area (Å²) >= 11 is 0. The molecule has 0 bridgehead atoms. The predicted molar refractivity (Wildman–Crippen MR) is 58.2 cm³/mol. The van der Waals surface area contributed by atoms with Gasteiger partial charge in [0.05, 0.1) is 7.11 Å². The van der Waals surface area contributed by atoms with Crippen molar-refractivity contribution in [2.45, 2.75) is 0 Å². The fourth-order valence-electron chi connectivity index (χ4n) is 1.67. The number of anilines is 1. The van der Waals surface area contributed by atoms with Gasteiger partial charge in [0.2, 0.25) is 5.95 Å². The molecule has 6 nitrogen and oxygen atoms in total. The van der Waals surface area contributed by atoms with Crippen LogP contribution in [0.2, 0.25) is 0 Å². The summed E-state index contributed by atoms with van der Waals surface area (Å²) in [6.07, 6.45) is 3.16. The molecule has 1 aliphatic rings. The number of hydrogen-bond acceptors (Lipinski definition) is 5. The first-order valence-corrected chi connectivity index (χ1v) is 5.16. The number of hydrogen-bond donors (Lipinski definition) is 0. The molecule has 0 aliphatic carbocycles. The van der Waals surface area contributed by atoms with Crippen LogP contribution in [0.5, 0.6) is 0 Å². The van der Waals surface area contributed by atoms with Crippen molar-refractivity contribution in [3.8, 4) is 0 Å². The Hall–Kier alpha value is -1.85. The molecule has 86 valence electrons. The van der Waals surface area contributed by atoms with Crippen molar-refractivity contribution in [1.29, 1.82) is 0 Å². The van der Waals surface area contributed by atoms with Crippen molar-refractivity contribution >= 4 is 12.0 Å². The van der Waals surface area contributed by atoms with Crippen LogP contribution in [0.3, 0.4) is 0 Å². The molecular weight excluding hydrogens is 208 g/mol. The number of aromatic nitrogens is 2. The molecule has 2 rings (SSSR count). The summed E-state index contributed by atoms with van der Waals surface area (Å²) in [6.45, 7) is 2.76. The normalized spacial score (nSPS) is 16.1. The molecule has 1 aliphatic heterocycles. The highest BCUT2D eigenvalue weighted by Crippen LogP contribution is 2.09. The number of methoxy groups -OCH3 is 1. The Balaban J connectivity index is 1.93. The Bertz CT molecular complexity index is 349. The maximum Gasteiger partial charge on any atom is 0.409 e. The van der Waals surface area contributed by atoms with E-state index in [2.05, 4.69) is 19.6 Å². The summed E-state index contributed by atoms with van der Waals surface area (Å²) in [5, 5.41) is 0. The second kappa shape index (κ2) is 4.78. The molecule has 1 aromatic rings. The van der Waals surface area contributed by atoms with Gasteiger partial charge in [-0.2, -0.15) is 0 Å². The first kappa shape index (κ1) is 10.7. The molecule has 1 saturated heterocycles. The Labute approximate surface area is 93.8 Å². The van der Waals surface area contributed by atoms with Crippen molar-refractivity contribution in [2.75, 3.05) is 38.2 Å². The van der Waals surface area contributed by atoms with Crippen LogP contribution in [0, 0.1) is 0 Å². The fourth-order valence-corrected chi connectivity index (χ4v) is 1.67. The highest BCUT2D eigenvalue weighted by atomic mass is 16.5. The average molecular weight is 222 g/mol. The number of rotatable bonds is 1. The summed E-state index contributed by atoms with van der Waals surface area (Å²) in [7, 11) is 1.40. The van der Waals surface area contributed by atoms with E-state index in [9.17, 15) is 4.79 Å². The number of amides is 1. The number of carbonyl (C=O) groups is 1. The third kappa shape index (κ3) is 2.21. The van der Waals surface area contributed by atoms with Crippen LogP contribution in [0.4, 0.5) is 10.7 Å². The lowest BCUT2D eigenvalue weighted by Crippen LogP contribution is -2.49. The zero-order chi connectivity index (χ0) is 11.4. The van der Waals surface area contributed by atoms with Crippen LogP contribution in [0.25, 0.3) is 0 Å². The van der Waals surface area contributed by atoms with Crippen molar-refractivity contribution in [3.05, 3.63) is 18.5 Å². The molecule has 1 aromatic heterocycles. The Morgan fingerprint density at radius 3 is 2.44 bits per heavy atom. The van der Waals surface area contributed by atoms with E-state index in [-0.39, 0.29) is 6.09 Å². The van der Waals surface area contributed by atoms with Gasteiger partial charge in [-0.3, -0.25) is 0 Å². The molecule has 0 N–H and O–H groups in total. The minimum absolute atomic E-state index is 0.270. The molecule has 0 unspecified atom stereocenters. The Morgan fingerprint density at radius 2 is 1.88 bits per heavy atom. The lowest BCUT2D eigenvalue weighted by atomic mass is 10.3. The smallest absolute Gasteiger partial charge is 0.409 e. The topological polar surface area (TPSA) is 58.6 Å². The molecule has 6 heteroatoms. The zero-order valence-corrected chi connectivity index (χ0v) is 9.17. The number of nitrogens with zero attached hydrogens (tertiary/aromatic N) is 4. The maximum absolute atomic E-state index is 11.3. The van der Waals surface area contributed by atoms with E-state index in [0.717, 1.165) is 13.1 Å². The summed E-state index contributed by atoms with van der Waals surface area (Å²) < 4.78 is 4.67. The van der Waals surface area contributed by atoms with Gasteiger partial charge < -0.3 is 14.5 Å². The molecule has 16 heavy (non-hydrogen) atoms. The first-order chi connectivity index (χ1) is 7.81. The van der Waals surface area contributed by atoms with Gasteiger partial charge in [-0.05, 0) is 6.07 Å². The summed E-state index contributed by atoms with van der Waals surface area (Å²) in [4.78, 5) is 23.3. The third-order valence-electron chi connectivity index (χ3n) is 2.55. The number of carbonyl (C=O) groups excluding carboxylic acids is 1. The Kier molecular flexibility index (Phi) is 3.19. The lowest BCUT2D eigenvalue weighted by molar-refractivity contribution is 0.121. The molecule has 2 heterocycles. The minimum atomic E-state index is -0.270. The number of ether oxygens (including phenoxy) is 1. The predicted octanol–water partition coefficient (Wildman–Crippen LogP) is 0.365. The second-order valence-corrected chi connectivity index (χ2v) is 3.49. The van der Waals surface area contributed by atoms with E-state index in [1.807, 2.05) is 0 Å². The minimum Gasteiger partial charge on any atom is -0.453 e. The van der Waals surface area contributed by atoms with Crippen molar-refractivity contribution in [3.63, 3.8) is 0 Å². The highest BCUT2D eigenvalue weighted by molar-refractivity contribution is 5.67. The van der Waals surface area contributed by atoms with E-state index in [0.29, 0.717) is 19.0 Å². The van der Waals surface area contributed by atoms with Crippen molar-refractivity contribution in [1.82, 2.24) is 14.9 Å². The monoisotopic (exact) mass is 222 g/mol. The van der Waals surface area contributed by atoms with Crippen LogP contribution < -0.4 is 4.90 Å². The van der Waals surface area contributed by atoms with Crippen LogP contribution in [0.15, 0.2) is 18.5 Å². The van der Waals surface area contributed by atoms with Crippen molar-refractivity contribution < 1.29 is 9.53 Å². The third-order valence-corrected chi connectivity index (χ3v) is 2.55. The molecule has 1 fully saturated rings. The standard InChI is InChI=1S/C10H14N4O2/c1-16-10(15)14-7-5-13(6-8-14)9-11-3-2-4-12-9/h2-4H,5-8H2,1H3. The van der Waals surface area contributed by atoms with E-state index >= 15 is 0 Å². The summed E-state index contributed by atoms with van der Waals surface area (Å²) in [5.74, 6) is 0.715. The molecule has 0 saturated carbocycles. The van der Waals surface area contributed by atoms with Gasteiger partial charge in [0.25, 0.3) is 0 Å². The highest BCUT2D eigenvalue weighted by Gasteiger charge is 2.22. The van der Waals surface area contributed by atoms with E-state index in [1.165, 1.54) is 7.11 Å². The largest absolute Gasteiger partial charge is 0.453 e. The van der Waals surface area contributed by atoms with Gasteiger partial charge in [-0.25, -0.2) is 14.8 Å². The van der Waals surface area contributed by atoms with Gasteiger partial charge in [-0.15, -0.1) is 0 Å². The van der Waals surface area contributed by atoms with Crippen LogP contribution in [-0.2, 0) is 4.74 Å². The van der Waals surface area contributed by atoms with Gasteiger partial charge >= 0.3 is 6.09 Å². The van der Waals surface area contributed by atoms with Gasteiger partial charge in [0.15, 0.2) is 0 Å². The average Bonchev–Trinajstić information content (AvgIpc) is 2.39. The lowest BCUT2D eigenvalue weighted by Gasteiger charge is -2.33. The van der Waals surface area contributed by atoms with Gasteiger partial charge in [0.1, 0.15) is 0 Å². The van der Waals surface area contributed by atoms with Gasteiger partial charge in [0, 0.05) is 38.6 Å². The maximum atomic E-state index is 11.3. The molecule has 0 aromatic carbocycles. The van der Waals surface area contributed by atoms with Crippen LogP contribution in [-0.4, -0.2) is 54.2 Å². The Morgan fingerprint density at radius 1 is 1.25 bits per heavy atom. The van der Waals surface area contributed by atoms with Crippen LogP contribution >= 0.6 is 0 Å². The van der Waals surface area contributed by atoms with Crippen LogP contribution in [0.1, 0.15) is 0 Å². The van der Waals surface area contributed by atoms with E-state index < -0.39 is 0 Å². The second-order valence-electron chi connectivity index (χ2n) is 3.49. The number of piperazine rings is 1. The van der Waals surface area contributed by atoms with E-state index in [1.54, 1.807) is 23.4 Å². The molecule has 0 spiro atoms.